The summed E-state index contributed by atoms with van der Waals surface area (Å²) >= 11 is 0. The van der Waals surface area contributed by atoms with Gasteiger partial charge in [0.25, 0.3) is 0 Å². The van der Waals surface area contributed by atoms with Gasteiger partial charge in [-0.25, -0.2) is 23.2 Å². The lowest BCUT2D eigenvalue weighted by Gasteiger charge is -2.35. The van der Waals surface area contributed by atoms with Crippen LogP contribution in [-0.2, 0) is 19.5 Å². The Morgan fingerprint density at radius 3 is 2.33 bits per heavy atom. The van der Waals surface area contributed by atoms with Gasteiger partial charge in [0.15, 0.2) is 5.75 Å². The number of amides is 1. The minimum Gasteiger partial charge on any atom is -0.489 e. The molecule has 1 amide bonds. The number of carbonyl (C=O) groups excluding carboxylic acids is 1. The molecule has 3 aliphatic rings. The summed E-state index contributed by atoms with van der Waals surface area (Å²) < 4.78 is 49.7. The van der Waals surface area contributed by atoms with Crippen LogP contribution in [0, 0.1) is 0 Å². The molecule has 0 radical (unpaired) electrons. The third kappa shape index (κ3) is 10.6. The summed E-state index contributed by atoms with van der Waals surface area (Å²) in [5.74, 6) is 2.36. The number of pyridine rings is 2. The molecule has 6 rings (SSSR count). The SMILES string of the molecule is CC(C)(C)OC(=O)N1CCN(CCOc2cnc(N[C@H]3CC[C@@H](Oc4nc(N5CCOCC5)cc5ncc(NS(C)(=O)=O)cc45)CC3)nc2)CC1. The molecule has 16 nitrogen and oxygen atoms in total. The molecule has 0 aromatic carbocycles. The van der Waals surface area contributed by atoms with Crippen LogP contribution in [0.1, 0.15) is 46.5 Å². The van der Waals surface area contributed by atoms with Crippen molar-refractivity contribution >= 4 is 44.5 Å². The summed E-state index contributed by atoms with van der Waals surface area (Å²) in [5.41, 5.74) is 0.539. The third-order valence-corrected chi connectivity index (χ3v) is 9.49. The smallest absolute Gasteiger partial charge is 0.410 e. The standard InChI is InChI=1S/C34H49N9O7S/c1-34(2,3)50-33(44)43-11-9-41(10-12-43)13-18-48-27-22-36-32(37-23-27)38-24-5-7-26(8-6-24)49-31-28-19-25(40-51(4,45)46)21-35-29(28)20-30(39-31)42-14-16-47-17-15-42/h19-24,26,40H,5-18H2,1-4H3,(H,36,37,38)/t24-,26+. The van der Waals surface area contributed by atoms with E-state index in [1.807, 2.05) is 26.8 Å². The second-order valence-electron chi connectivity index (χ2n) is 14.2. The molecule has 3 fully saturated rings. The van der Waals surface area contributed by atoms with Crippen molar-refractivity contribution in [2.45, 2.75) is 64.2 Å². The molecule has 2 aliphatic heterocycles. The van der Waals surface area contributed by atoms with Crippen molar-refractivity contribution in [2.24, 2.45) is 0 Å². The van der Waals surface area contributed by atoms with E-state index in [4.69, 9.17) is 23.9 Å². The molecule has 0 atom stereocenters. The van der Waals surface area contributed by atoms with Crippen LogP contribution in [-0.4, -0.2) is 134 Å². The topological polar surface area (TPSA) is 173 Å². The van der Waals surface area contributed by atoms with Crippen LogP contribution in [0.2, 0.25) is 0 Å². The van der Waals surface area contributed by atoms with Gasteiger partial charge >= 0.3 is 6.09 Å². The fourth-order valence-corrected chi connectivity index (χ4v) is 6.84. The number of rotatable bonds is 11. The number of nitrogens with zero attached hydrogens (tertiary/aromatic N) is 7. The zero-order chi connectivity index (χ0) is 36.0. The van der Waals surface area contributed by atoms with E-state index in [0.29, 0.717) is 80.2 Å². The molecule has 0 unspecified atom stereocenters. The molecule has 2 saturated heterocycles. The van der Waals surface area contributed by atoms with Crippen LogP contribution < -0.4 is 24.4 Å². The minimum atomic E-state index is -3.47. The van der Waals surface area contributed by atoms with Gasteiger partial charge in [-0.2, -0.15) is 4.98 Å². The normalized spacial score (nSPS) is 20.5. The van der Waals surface area contributed by atoms with Crippen molar-refractivity contribution < 1.29 is 32.2 Å². The van der Waals surface area contributed by atoms with Gasteiger partial charge in [0.05, 0.1) is 54.7 Å². The van der Waals surface area contributed by atoms with Gasteiger partial charge in [0.1, 0.15) is 24.1 Å². The molecule has 3 aromatic rings. The zero-order valence-corrected chi connectivity index (χ0v) is 30.7. The Morgan fingerprint density at radius 1 is 0.961 bits per heavy atom. The van der Waals surface area contributed by atoms with Gasteiger partial charge in [0.2, 0.25) is 21.9 Å². The number of nitrogens with one attached hydrogen (secondary N) is 2. The maximum Gasteiger partial charge on any atom is 0.410 e. The highest BCUT2D eigenvalue weighted by atomic mass is 32.2. The zero-order valence-electron chi connectivity index (χ0n) is 29.8. The first-order valence-corrected chi connectivity index (χ1v) is 19.5. The monoisotopic (exact) mass is 727 g/mol. The van der Waals surface area contributed by atoms with Crippen LogP contribution in [0.5, 0.6) is 11.6 Å². The average molecular weight is 728 g/mol. The van der Waals surface area contributed by atoms with Crippen molar-refractivity contribution in [1.82, 2.24) is 29.7 Å². The summed E-state index contributed by atoms with van der Waals surface area (Å²) in [6.07, 6.45) is 8.95. The molecule has 17 heteroatoms. The first-order chi connectivity index (χ1) is 24.4. The maximum atomic E-state index is 12.3. The van der Waals surface area contributed by atoms with Crippen molar-refractivity contribution in [1.29, 1.82) is 0 Å². The quantitative estimate of drug-likeness (QED) is 0.294. The number of carbonyl (C=O) groups is 1. The van der Waals surface area contributed by atoms with Crippen LogP contribution in [0.4, 0.5) is 22.2 Å². The Morgan fingerprint density at radius 2 is 1.67 bits per heavy atom. The number of sulfonamides is 1. The van der Waals surface area contributed by atoms with Crippen LogP contribution >= 0.6 is 0 Å². The van der Waals surface area contributed by atoms with Crippen LogP contribution in [0.15, 0.2) is 30.7 Å². The molecular formula is C34H49N9O7S. The fraction of sp³-hybridized carbons (Fsp3) is 0.618. The number of ether oxygens (including phenoxy) is 4. The molecule has 2 N–H and O–H groups in total. The van der Waals surface area contributed by atoms with Crippen molar-refractivity contribution in [2.75, 3.05) is 86.8 Å². The molecule has 0 bridgehead atoms. The largest absolute Gasteiger partial charge is 0.489 e. The summed E-state index contributed by atoms with van der Waals surface area (Å²) in [6, 6.07) is 3.82. The molecule has 3 aromatic heterocycles. The molecule has 5 heterocycles. The first kappa shape index (κ1) is 36.6. The number of aromatic nitrogens is 4. The Labute approximate surface area is 299 Å². The fourth-order valence-electron chi connectivity index (χ4n) is 6.30. The number of piperazine rings is 1. The maximum absolute atomic E-state index is 12.3. The van der Waals surface area contributed by atoms with E-state index in [-0.39, 0.29) is 18.2 Å². The number of anilines is 3. The minimum absolute atomic E-state index is 0.0674. The number of fused-ring (bicyclic) bond motifs is 1. The molecular weight excluding hydrogens is 678 g/mol. The Kier molecular flexibility index (Phi) is 11.5. The van der Waals surface area contributed by atoms with Gasteiger partial charge in [-0.05, 0) is 52.5 Å². The molecule has 51 heavy (non-hydrogen) atoms. The van der Waals surface area contributed by atoms with E-state index < -0.39 is 15.6 Å². The van der Waals surface area contributed by atoms with Gasteiger partial charge in [-0.15, -0.1) is 0 Å². The summed E-state index contributed by atoms with van der Waals surface area (Å²) in [4.78, 5) is 36.8. The van der Waals surface area contributed by atoms with Crippen molar-refractivity contribution in [3.8, 4) is 11.6 Å². The highest BCUT2D eigenvalue weighted by molar-refractivity contribution is 7.92. The van der Waals surface area contributed by atoms with Crippen LogP contribution in [0.3, 0.4) is 0 Å². The summed E-state index contributed by atoms with van der Waals surface area (Å²) in [7, 11) is -3.47. The number of morpholine rings is 1. The average Bonchev–Trinajstić information content (AvgIpc) is 3.09. The van der Waals surface area contributed by atoms with Gasteiger partial charge in [-0.1, -0.05) is 0 Å². The predicted octanol–water partition coefficient (Wildman–Crippen LogP) is 3.36. The second kappa shape index (κ2) is 16.0. The predicted molar refractivity (Wildman–Crippen MR) is 193 cm³/mol. The van der Waals surface area contributed by atoms with E-state index >= 15 is 0 Å². The summed E-state index contributed by atoms with van der Waals surface area (Å²) in [6.45, 7) is 12.3. The lowest BCUT2D eigenvalue weighted by molar-refractivity contribution is 0.0137. The van der Waals surface area contributed by atoms with Crippen molar-refractivity contribution in [3.63, 3.8) is 0 Å². The lowest BCUT2D eigenvalue weighted by atomic mass is 9.93. The van der Waals surface area contributed by atoms with E-state index in [9.17, 15) is 13.2 Å². The molecule has 1 aliphatic carbocycles. The van der Waals surface area contributed by atoms with E-state index in [1.165, 1.54) is 6.20 Å². The summed E-state index contributed by atoms with van der Waals surface area (Å²) in [5, 5.41) is 4.10. The van der Waals surface area contributed by atoms with E-state index in [0.717, 1.165) is 57.4 Å². The molecule has 0 spiro atoms. The van der Waals surface area contributed by atoms with E-state index in [2.05, 4.69) is 34.8 Å². The second-order valence-corrected chi connectivity index (χ2v) is 15.9. The lowest BCUT2D eigenvalue weighted by Crippen LogP contribution is -2.50. The Bertz CT molecular complexity index is 1740. The van der Waals surface area contributed by atoms with Crippen molar-refractivity contribution in [3.05, 3.63) is 30.7 Å². The van der Waals surface area contributed by atoms with Crippen LogP contribution in [0.25, 0.3) is 10.9 Å². The third-order valence-electron chi connectivity index (χ3n) is 8.88. The molecule has 1 saturated carbocycles. The number of hydrogen-bond acceptors (Lipinski definition) is 14. The van der Waals surface area contributed by atoms with Gasteiger partial charge in [-0.3, -0.25) is 14.6 Å². The Balaban J connectivity index is 0.974. The van der Waals surface area contributed by atoms with Gasteiger partial charge < -0.3 is 34.1 Å². The van der Waals surface area contributed by atoms with E-state index in [1.54, 1.807) is 23.4 Å². The first-order valence-electron chi connectivity index (χ1n) is 17.6. The highest BCUT2D eigenvalue weighted by Crippen LogP contribution is 2.33. The highest BCUT2D eigenvalue weighted by Gasteiger charge is 2.27. The number of hydrogen-bond donors (Lipinski definition) is 2. The molecule has 278 valence electrons. The van der Waals surface area contributed by atoms with Gasteiger partial charge in [0, 0.05) is 57.9 Å². The Hall–Kier alpha value is -4.22.